The number of anilines is 1. The van der Waals surface area contributed by atoms with Crippen molar-refractivity contribution in [1.29, 1.82) is 0 Å². The summed E-state index contributed by atoms with van der Waals surface area (Å²) in [6.07, 6.45) is -0.747. The lowest BCUT2D eigenvalue weighted by Gasteiger charge is -2.29. The quantitative estimate of drug-likeness (QED) is 0.550. The summed E-state index contributed by atoms with van der Waals surface area (Å²) in [6.45, 7) is 3.66. The Balaban J connectivity index is 1.78. The molecule has 0 spiro atoms. The Hall–Kier alpha value is -3.64. The van der Waals surface area contributed by atoms with E-state index in [4.69, 9.17) is 0 Å². The summed E-state index contributed by atoms with van der Waals surface area (Å²) >= 11 is 0. The third-order valence-corrected chi connectivity index (χ3v) is 4.59. The first-order valence-electron chi connectivity index (χ1n) is 9.42. The molecule has 3 aromatic rings. The standard InChI is InChI=1S/C19H18F5N7O/c1-3-30(11(2)8-25-18-26-9-12(10-27-18)19(22,23)24)17(32)13-4-5-14(20)15(21)16(13)31-28-6-7-29-31/h4-7,9-11H,3,8H2,1-2H3,(H,25,26,27). The molecule has 1 unspecified atom stereocenters. The maximum absolute atomic E-state index is 14.5. The first-order chi connectivity index (χ1) is 15.1. The maximum Gasteiger partial charge on any atom is 0.419 e. The summed E-state index contributed by atoms with van der Waals surface area (Å²) < 4.78 is 66.1. The van der Waals surface area contributed by atoms with Gasteiger partial charge >= 0.3 is 6.18 Å². The van der Waals surface area contributed by atoms with Gasteiger partial charge in [0.15, 0.2) is 11.6 Å². The fourth-order valence-corrected chi connectivity index (χ4v) is 2.96. The Kier molecular flexibility index (Phi) is 6.65. The molecule has 0 aliphatic carbocycles. The predicted molar refractivity (Wildman–Crippen MR) is 103 cm³/mol. The van der Waals surface area contributed by atoms with Gasteiger partial charge in [0.25, 0.3) is 5.91 Å². The molecule has 3 rings (SSSR count). The van der Waals surface area contributed by atoms with Crippen LogP contribution in [0.5, 0.6) is 0 Å². The lowest BCUT2D eigenvalue weighted by atomic mass is 10.1. The highest BCUT2D eigenvalue weighted by Crippen LogP contribution is 2.28. The van der Waals surface area contributed by atoms with Gasteiger partial charge < -0.3 is 10.2 Å². The molecule has 1 N–H and O–H groups in total. The van der Waals surface area contributed by atoms with Crippen molar-refractivity contribution in [3.63, 3.8) is 0 Å². The van der Waals surface area contributed by atoms with E-state index in [0.29, 0.717) is 12.4 Å². The SMILES string of the molecule is CCN(C(=O)c1ccc(F)c(F)c1-n1nccn1)C(C)CNc1ncc(C(F)(F)F)cn1. The molecule has 0 radical (unpaired) electrons. The smallest absolute Gasteiger partial charge is 0.352 e. The van der Waals surface area contributed by atoms with E-state index in [9.17, 15) is 26.7 Å². The van der Waals surface area contributed by atoms with Gasteiger partial charge in [-0.15, -0.1) is 4.80 Å². The molecule has 1 atom stereocenters. The molecule has 2 heterocycles. The number of carbonyl (C=O) groups excluding carboxylic acids is 1. The topological polar surface area (TPSA) is 88.8 Å². The lowest BCUT2D eigenvalue weighted by Crippen LogP contribution is -2.42. The number of nitrogens with zero attached hydrogens (tertiary/aromatic N) is 6. The summed E-state index contributed by atoms with van der Waals surface area (Å²) in [7, 11) is 0. The van der Waals surface area contributed by atoms with Gasteiger partial charge in [0, 0.05) is 31.5 Å². The molecule has 32 heavy (non-hydrogen) atoms. The fourth-order valence-electron chi connectivity index (χ4n) is 2.96. The third-order valence-electron chi connectivity index (χ3n) is 4.59. The van der Waals surface area contributed by atoms with E-state index in [0.717, 1.165) is 16.9 Å². The summed E-state index contributed by atoms with van der Waals surface area (Å²) in [5.41, 5.74) is -1.57. The second-order valence-electron chi connectivity index (χ2n) is 6.69. The number of hydrogen-bond acceptors (Lipinski definition) is 6. The van der Waals surface area contributed by atoms with Gasteiger partial charge in [-0.1, -0.05) is 0 Å². The summed E-state index contributed by atoms with van der Waals surface area (Å²) in [5.74, 6) is -3.10. The number of rotatable bonds is 7. The van der Waals surface area contributed by atoms with Crippen LogP contribution in [-0.2, 0) is 6.18 Å². The van der Waals surface area contributed by atoms with Crippen molar-refractivity contribution in [2.24, 2.45) is 0 Å². The van der Waals surface area contributed by atoms with Crippen LogP contribution in [0.25, 0.3) is 5.69 Å². The Morgan fingerprint density at radius 2 is 1.78 bits per heavy atom. The molecule has 2 aromatic heterocycles. The second-order valence-corrected chi connectivity index (χ2v) is 6.69. The Morgan fingerprint density at radius 1 is 1.16 bits per heavy atom. The van der Waals surface area contributed by atoms with Gasteiger partial charge in [0.2, 0.25) is 5.95 Å². The maximum atomic E-state index is 14.5. The van der Waals surface area contributed by atoms with Crippen LogP contribution in [0.2, 0.25) is 0 Å². The molecule has 0 bridgehead atoms. The zero-order valence-corrected chi connectivity index (χ0v) is 16.9. The molecular formula is C19H18F5N7O. The molecule has 0 saturated carbocycles. The van der Waals surface area contributed by atoms with Crippen LogP contribution < -0.4 is 5.32 Å². The van der Waals surface area contributed by atoms with Gasteiger partial charge in [-0.2, -0.15) is 23.4 Å². The summed E-state index contributed by atoms with van der Waals surface area (Å²) in [5, 5.41) is 10.3. The molecule has 0 fully saturated rings. The highest BCUT2D eigenvalue weighted by atomic mass is 19.4. The van der Waals surface area contributed by atoms with Gasteiger partial charge in [-0.25, -0.2) is 18.7 Å². The van der Waals surface area contributed by atoms with Crippen molar-refractivity contribution < 1.29 is 26.7 Å². The number of amides is 1. The van der Waals surface area contributed by atoms with Crippen LogP contribution in [0.1, 0.15) is 29.8 Å². The van der Waals surface area contributed by atoms with Crippen molar-refractivity contribution >= 4 is 11.9 Å². The number of likely N-dealkylation sites (N-methyl/N-ethyl adjacent to an activating group) is 1. The number of alkyl halides is 3. The summed E-state index contributed by atoms with van der Waals surface area (Å²) in [4.78, 5) is 22.6. The van der Waals surface area contributed by atoms with E-state index in [1.807, 2.05) is 0 Å². The number of nitrogens with one attached hydrogen (secondary N) is 1. The fraction of sp³-hybridized carbons (Fsp3) is 0.316. The van der Waals surface area contributed by atoms with E-state index in [1.165, 1.54) is 17.3 Å². The van der Waals surface area contributed by atoms with Crippen LogP contribution in [-0.4, -0.2) is 54.9 Å². The van der Waals surface area contributed by atoms with E-state index in [-0.39, 0.29) is 24.6 Å². The molecule has 0 aliphatic heterocycles. The minimum Gasteiger partial charge on any atom is -0.352 e. The summed E-state index contributed by atoms with van der Waals surface area (Å²) in [6, 6.07) is 1.47. The van der Waals surface area contributed by atoms with Crippen molar-refractivity contribution in [1.82, 2.24) is 29.9 Å². The number of halogens is 5. The molecule has 1 amide bonds. The van der Waals surface area contributed by atoms with Crippen molar-refractivity contribution in [2.45, 2.75) is 26.1 Å². The average molecular weight is 455 g/mol. The Bertz CT molecular complexity index is 1070. The zero-order chi connectivity index (χ0) is 23.5. The Labute approximate surface area is 179 Å². The molecular weight excluding hydrogens is 437 g/mol. The number of hydrogen-bond donors (Lipinski definition) is 1. The van der Waals surface area contributed by atoms with E-state index < -0.39 is 41.0 Å². The van der Waals surface area contributed by atoms with E-state index >= 15 is 0 Å². The van der Waals surface area contributed by atoms with E-state index in [2.05, 4.69) is 25.5 Å². The monoisotopic (exact) mass is 455 g/mol. The largest absolute Gasteiger partial charge is 0.419 e. The second kappa shape index (κ2) is 9.24. The molecule has 170 valence electrons. The van der Waals surface area contributed by atoms with Crippen LogP contribution >= 0.6 is 0 Å². The zero-order valence-electron chi connectivity index (χ0n) is 16.9. The van der Waals surface area contributed by atoms with Crippen LogP contribution in [0, 0.1) is 11.6 Å². The van der Waals surface area contributed by atoms with Gasteiger partial charge in [-0.3, -0.25) is 4.79 Å². The van der Waals surface area contributed by atoms with Crippen molar-refractivity contribution in [2.75, 3.05) is 18.4 Å². The number of carbonyl (C=O) groups is 1. The molecule has 0 saturated heterocycles. The third kappa shape index (κ3) is 4.81. The minimum atomic E-state index is -4.55. The van der Waals surface area contributed by atoms with Crippen LogP contribution in [0.15, 0.2) is 36.9 Å². The molecule has 13 heteroatoms. The Morgan fingerprint density at radius 3 is 2.34 bits per heavy atom. The molecule has 8 nitrogen and oxygen atoms in total. The van der Waals surface area contributed by atoms with E-state index in [1.54, 1.807) is 13.8 Å². The van der Waals surface area contributed by atoms with Crippen LogP contribution in [0.4, 0.5) is 27.9 Å². The van der Waals surface area contributed by atoms with Crippen molar-refractivity contribution in [3.8, 4) is 5.69 Å². The van der Waals surface area contributed by atoms with Gasteiger partial charge in [-0.05, 0) is 26.0 Å². The average Bonchev–Trinajstić information content (AvgIpc) is 3.28. The molecule has 1 aromatic carbocycles. The predicted octanol–water partition coefficient (Wildman–Crippen LogP) is 3.32. The van der Waals surface area contributed by atoms with Gasteiger partial charge in [0.1, 0.15) is 5.69 Å². The van der Waals surface area contributed by atoms with Crippen LogP contribution in [0.3, 0.4) is 0 Å². The normalized spacial score (nSPS) is 12.5. The van der Waals surface area contributed by atoms with Crippen molar-refractivity contribution in [3.05, 3.63) is 59.7 Å². The molecule has 0 aliphatic rings. The highest BCUT2D eigenvalue weighted by molar-refractivity contribution is 5.98. The first-order valence-corrected chi connectivity index (χ1v) is 9.42. The lowest BCUT2D eigenvalue weighted by molar-refractivity contribution is -0.138. The minimum absolute atomic E-state index is 0.0531. The highest BCUT2D eigenvalue weighted by Gasteiger charge is 2.31. The van der Waals surface area contributed by atoms with Gasteiger partial charge in [0.05, 0.1) is 23.5 Å². The number of aromatic nitrogens is 5. The number of benzene rings is 1. The first kappa shape index (κ1) is 23.0.